The average molecular weight is 589 g/mol. The molecule has 0 radical (unpaired) electrons. The first kappa shape index (κ1) is 39.6. The highest BCUT2D eigenvalue weighted by atomic mass is 79.9. The molecule has 0 aromatic rings. The monoisotopic (exact) mass is 588 g/mol. The standard InChI is InChI=1S/C35H74N.BrH/c1-5-8-10-12-14-16-18-20-22-24-26-28-30-32-34-36(4,7-3)35-33-31-29-27-25-23-21-19-17-15-13-11-9-6-2;/h5-35H2,1-4H3;1H/q+1;/p-1. The molecule has 0 fully saturated rings. The Kier molecular flexibility index (Phi) is 34.9. The lowest BCUT2D eigenvalue weighted by Crippen LogP contribution is -3.00. The highest BCUT2D eigenvalue weighted by molar-refractivity contribution is 4.52. The van der Waals surface area contributed by atoms with E-state index in [1.54, 1.807) is 0 Å². The molecule has 0 N–H and O–H groups in total. The molecule has 0 bridgehead atoms. The van der Waals surface area contributed by atoms with E-state index in [1.165, 1.54) is 204 Å². The molecule has 2 heteroatoms. The van der Waals surface area contributed by atoms with Crippen LogP contribution in [0.15, 0.2) is 0 Å². The summed E-state index contributed by atoms with van der Waals surface area (Å²) in [5, 5.41) is 0. The number of nitrogens with zero attached hydrogens (tertiary/aromatic N) is 1. The minimum Gasteiger partial charge on any atom is -1.00 e. The number of rotatable bonds is 31. The second-order valence-corrected chi connectivity index (χ2v) is 12.6. The molecule has 37 heavy (non-hydrogen) atoms. The minimum absolute atomic E-state index is 0. The third kappa shape index (κ3) is 30.8. The van der Waals surface area contributed by atoms with Gasteiger partial charge in [0.1, 0.15) is 0 Å². The van der Waals surface area contributed by atoms with E-state index in [9.17, 15) is 0 Å². The second kappa shape index (κ2) is 32.7. The quantitative estimate of drug-likeness (QED) is 0.0559. The zero-order chi connectivity index (χ0) is 26.4. The second-order valence-electron chi connectivity index (χ2n) is 12.6. The summed E-state index contributed by atoms with van der Waals surface area (Å²) in [6.07, 6.45) is 41.0. The van der Waals surface area contributed by atoms with Gasteiger partial charge < -0.3 is 21.5 Å². The molecule has 0 spiro atoms. The molecule has 0 aliphatic rings. The lowest BCUT2D eigenvalue weighted by Gasteiger charge is -2.33. The van der Waals surface area contributed by atoms with Crippen molar-refractivity contribution in [2.75, 3.05) is 26.7 Å². The van der Waals surface area contributed by atoms with Gasteiger partial charge >= 0.3 is 0 Å². The maximum Gasteiger partial charge on any atom is 0.0784 e. The largest absolute Gasteiger partial charge is 1.00 e. The molecule has 0 heterocycles. The zero-order valence-electron chi connectivity index (χ0n) is 26.7. The Balaban J connectivity index is 0. The SMILES string of the molecule is CCCCCCCCCCCCCCCC[N+](C)(CC)CCCCCCCCCCCCCCCC.[Br-]. The molecule has 226 valence electrons. The molecule has 0 aromatic carbocycles. The Morgan fingerprint density at radius 2 is 0.486 bits per heavy atom. The van der Waals surface area contributed by atoms with Gasteiger partial charge in [0.15, 0.2) is 0 Å². The van der Waals surface area contributed by atoms with Crippen LogP contribution in [-0.4, -0.2) is 31.2 Å². The highest BCUT2D eigenvalue weighted by Crippen LogP contribution is 2.16. The summed E-state index contributed by atoms with van der Waals surface area (Å²) in [5.41, 5.74) is 0. The van der Waals surface area contributed by atoms with Crippen LogP contribution in [0.1, 0.15) is 201 Å². The van der Waals surface area contributed by atoms with Crippen molar-refractivity contribution in [1.82, 2.24) is 0 Å². The van der Waals surface area contributed by atoms with Crippen molar-refractivity contribution >= 4 is 0 Å². The lowest BCUT2D eigenvalue weighted by molar-refractivity contribution is -0.908. The molecule has 0 unspecified atom stereocenters. The summed E-state index contributed by atoms with van der Waals surface area (Å²) in [4.78, 5) is 0. The van der Waals surface area contributed by atoms with Gasteiger partial charge in [-0.3, -0.25) is 0 Å². The molecule has 0 saturated heterocycles. The Morgan fingerprint density at radius 3 is 0.676 bits per heavy atom. The topological polar surface area (TPSA) is 0 Å². The predicted molar refractivity (Wildman–Crippen MR) is 167 cm³/mol. The molecule has 0 aliphatic heterocycles. The van der Waals surface area contributed by atoms with Crippen LogP contribution in [0.3, 0.4) is 0 Å². The Labute approximate surface area is 248 Å². The van der Waals surface area contributed by atoms with Crippen molar-refractivity contribution in [2.24, 2.45) is 0 Å². The summed E-state index contributed by atoms with van der Waals surface area (Å²) < 4.78 is 1.32. The molecule has 0 rings (SSSR count). The summed E-state index contributed by atoms with van der Waals surface area (Å²) in [6, 6.07) is 0. The van der Waals surface area contributed by atoms with Crippen LogP contribution in [-0.2, 0) is 0 Å². The van der Waals surface area contributed by atoms with Gasteiger partial charge in [0, 0.05) is 0 Å². The van der Waals surface area contributed by atoms with Crippen molar-refractivity contribution in [1.29, 1.82) is 0 Å². The van der Waals surface area contributed by atoms with E-state index in [0.717, 1.165) is 0 Å². The lowest BCUT2D eigenvalue weighted by atomic mass is 10.0. The van der Waals surface area contributed by atoms with Gasteiger partial charge in [-0.2, -0.15) is 0 Å². The molecular formula is C35H74BrN. The minimum atomic E-state index is 0. The number of quaternary nitrogens is 1. The van der Waals surface area contributed by atoms with Gasteiger partial charge in [-0.25, -0.2) is 0 Å². The van der Waals surface area contributed by atoms with Crippen molar-refractivity contribution in [3.05, 3.63) is 0 Å². The molecule has 0 saturated carbocycles. The van der Waals surface area contributed by atoms with E-state index in [1.807, 2.05) is 0 Å². The van der Waals surface area contributed by atoms with E-state index in [2.05, 4.69) is 27.8 Å². The van der Waals surface area contributed by atoms with Crippen molar-refractivity contribution < 1.29 is 21.5 Å². The number of hydrogen-bond donors (Lipinski definition) is 0. The van der Waals surface area contributed by atoms with Crippen LogP contribution in [0.2, 0.25) is 0 Å². The van der Waals surface area contributed by atoms with Gasteiger partial charge in [0.25, 0.3) is 0 Å². The Morgan fingerprint density at radius 1 is 0.297 bits per heavy atom. The van der Waals surface area contributed by atoms with Crippen LogP contribution in [0.25, 0.3) is 0 Å². The fourth-order valence-corrected chi connectivity index (χ4v) is 5.80. The molecule has 0 aliphatic carbocycles. The summed E-state index contributed by atoms with van der Waals surface area (Å²) in [5.74, 6) is 0. The number of halogens is 1. The molecule has 0 aromatic heterocycles. The summed E-state index contributed by atoms with van der Waals surface area (Å²) in [6.45, 7) is 11.2. The Bertz CT molecular complexity index is 365. The van der Waals surface area contributed by atoms with E-state index in [0.29, 0.717) is 0 Å². The molecule has 0 amide bonds. The van der Waals surface area contributed by atoms with Crippen LogP contribution in [0, 0.1) is 0 Å². The van der Waals surface area contributed by atoms with Gasteiger partial charge in [0.05, 0.1) is 26.7 Å². The number of unbranched alkanes of at least 4 members (excludes halogenated alkanes) is 26. The summed E-state index contributed by atoms with van der Waals surface area (Å²) in [7, 11) is 2.52. The van der Waals surface area contributed by atoms with Crippen molar-refractivity contribution in [3.63, 3.8) is 0 Å². The maximum atomic E-state index is 2.52. The summed E-state index contributed by atoms with van der Waals surface area (Å²) >= 11 is 0. The van der Waals surface area contributed by atoms with E-state index in [-0.39, 0.29) is 17.0 Å². The first-order valence-corrected chi connectivity index (χ1v) is 17.5. The van der Waals surface area contributed by atoms with Gasteiger partial charge in [-0.15, -0.1) is 0 Å². The molecule has 1 nitrogen and oxygen atoms in total. The van der Waals surface area contributed by atoms with Crippen LogP contribution >= 0.6 is 0 Å². The zero-order valence-corrected chi connectivity index (χ0v) is 28.3. The normalized spacial score (nSPS) is 11.7. The number of hydrogen-bond acceptors (Lipinski definition) is 0. The highest BCUT2D eigenvalue weighted by Gasteiger charge is 2.17. The maximum absolute atomic E-state index is 2.52. The van der Waals surface area contributed by atoms with E-state index in [4.69, 9.17) is 0 Å². The van der Waals surface area contributed by atoms with E-state index < -0.39 is 0 Å². The van der Waals surface area contributed by atoms with Gasteiger partial charge in [-0.05, 0) is 32.6 Å². The third-order valence-electron chi connectivity index (χ3n) is 8.87. The van der Waals surface area contributed by atoms with Crippen LogP contribution in [0.5, 0.6) is 0 Å². The van der Waals surface area contributed by atoms with Gasteiger partial charge in [-0.1, -0.05) is 168 Å². The van der Waals surface area contributed by atoms with Crippen LogP contribution in [0.4, 0.5) is 0 Å². The fraction of sp³-hybridized carbons (Fsp3) is 1.00. The smallest absolute Gasteiger partial charge is 0.0784 e. The fourth-order valence-electron chi connectivity index (χ4n) is 5.80. The third-order valence-corrected chi connectivity index (χ3v) is 8.87. The first-order chi connectivity index (χ1) is 17.7. The van der Waals surface area contributed by atoms with Crippen LogP contribution < -0.4 is 17.0 Å². The molecule has 0 atom stereocenters. The average Bonchev–Trinajstić information content (AvgIpc) is 2.89. The predicted octanol–water partition coefficient (Wildman–Crippen LogP) is 9.42. The van der Waals surface area contributed by atoms with Gasteiger partial charge in [0.2, 0.25) is 0 Å². The molecular weight excluding hydrogens is 514 g/mol. The first-order valence-electron chi connectivity index (χ1n) is 17.5. The van der Waals surface area contributed by atoms with Crippen molar-refractivity contribution in [3.8, 4) is 0 Å². The van der Waals surface area contributed by atoms with E-state index >= 15 is 0 Å². The Hall–Kier alpha value is 0.440. The van der Waals surface area contributed by atoms with Crippen molar-refractivity contribution in [2.45, 2.75) is 201 Å².